The van der Waals surface area contributed by atoms with Gasteiger partial charge in [0.25, 0.3) is 0 Å². The molecule has 0 radical (unpaired) electrons. The summed E-state index contributed by atoms with van der Waals surface area (Å²) < 4.78 is 5.01. The normalized spacial score (nSPS) is 10.3. The maximum Gasteiger partial charge on any atom is 0.133 e. The molecule has 0 saturated heterocycles. The van der Waals surface area contributed by atoms with Crippen molar-refractivity contribution in [3.05, 3.63) is 11.9 Å². The van der Waals surface area contributed by atoms with E-state index in [4.69, 9.17) is 4.74 Å². The number of nitrogens with zero attached hydrogens (tertiary/aromatic N) is 2. The summed E-state index contributed by atoms with van der Waals surface area (Å²) in [7, 11) is 3.59. The third-order valence-electron chi connectivity index (χ3n) is 2.02. The monoisotopic (exact) mass is 227 g/mol. The second kappa shape index (κ2) is 6.63. The highest BCUT2D eigenvalue weighted by molar-refractivity contribution is 7.99. The van der Waals surface area contributed by atoms with Crippen LogP contribution in [0.4, 0.5) is 5.82 Å². The molecule has 1 aromatic heterocycles. The fraction of sp³-hybridized carbons (Fsp3) is 0.600. The second-order valence-corrected chi connectivity index (χ2v) is 4.03. The summed E-state index contributed by atoms with van der Waals surface area (Å²) in [6.07, 6.45) is 2.53. The first-order valence-corrected chi connectivity index (χ1v) is 5.95. The lowest BCUT2D eigenvalue weighted by atomic mass is 10.2. The number of aromatic nitrogens is 2. The second-order valence-electron chi connectivity index (χ2n) is 2.95. The quantitative estimate of drug-likeness (QED) is 0.456. The summed E-state index contributed by atoms with van der Waals surface area (Å²) in [5.74, 6) is 1.84. The summed E-state index contributed by atoms with van der Waals surface area (Å²) in [5, 5.41) is 4.13. The molecule has 0 fully saturated rings. The molecule has 1 heterocycles. The van der Waals surface area contributed by atoms with Crippen molar-refractivity contribution in [3.63, 3.8) is 0 Å². The van der Waals surface area contributed by atoms with Crippen LogP contribution in [-0.4, -0.2) is 36.5 Å². The third-order valence-corrected chi connectivity index (χ3v) is 3.02. The van der Waals surface area contributed by atoms with Gasteiger partial charge in [-0.15, -0.1) is 11.8 Å². The average Bonchev–Trinajstić information content (AvgIpc) is 2.29. The predicted molar refractivity (Wildman–Crippen MR) is 63.6 cm³/mol. The molecule has 84 valence electrons. The van der Waals surface area contributed by atoms with E-state index in [0.717, 1.165) is 29.6 Å². The zero-order chi connectivity index (χ0) is 11.1. The van der Waals surface area contributed by atoms with Gasteiger partial charge in [0.05, 0.1) is 6.61 Å². The Morgan fingerprint density at radius 1 is 1.47 bits per heavy atom. The number of hydrogen-bond donors (Lipinski definition) is 1. The van der Waals surface area contributed by atoms with Crippen molar-refractivity contribution in [1.82, 2.24) is 9.97 Å². The first-order valence-electron chi connectivity index (χ1n) is 4.96. The molecule has 0 aliphatic carbocycles. The van der Waals surface area contributed by atoms with Crippen molar-refractivity contribution in [3.8, 4) is 0 Å². The van der Waals surface area contributed by atoms with Gasteiger partial charge in [-0.1, -0.05) is 6.92 Å². The summed E-state index contributed by atoms with van der Waals surface area (Å²) in [6.45, 7) is 2.85. The lowest BCUT2D eigenvalue weighted by Gasteiger charge is -2.10. The molecule has 0 aliphatic rings. The van der Waals surface area contributed by atoms with Crippen molar-refractivity contribution in [2.75, 3.05) is 31.8 Å². The number of methoxy groups -OCH3 is 1. The number of ether oxygens (including phenoxy) is 1. The van der Waals surface area contributed by atoms with Crippen LogP contribution in [-0.2, 0) is 11.2 Å². The molecule has 5 heteroatoms. The Morgan fingerprint density at radius 3 is 2.87 bits per heavy atom. The van der Waals surface area contributed by atoms with Crippen molar-refractivity contribution >= 4 is 17.6 Å². The van der Waals surface area contributed by atoms with Crippen LogP contribution in [0.3, 0.4) is 0 Å². The van der Waals surface area contributed by atoms with Gasteiger partial charge in [-0.3, -0.25) is 0 Å². The molecule has 0 saturated carbocycles. The molecule has 0 atom stereocenters. The molecule has 0 bridgehead atoms. The minimum absolute atomic E-state index is 0.743. The highest BCUT2D eigenvalue weighted by Gasteiger charge is 2.08. The number of hydrogen-bond acceptors (Lipinski definition) is 5. The zero-order valence-electron chi connectivity index (χ0n) is 9.41. The lowest BCUT2D eigenvalue weighted by molar-refractivity contribution is 0.218. The lowest BCUT2D eigenvalue weighted by Crippen LogP contribution is -2.02. The molecule has 0 aromatic carbocycles. The van der Waals surface area contributed by atoms with Crippen LogP contribution in [0.2, 0.25) is 0 Å². The molecule has 15 heavy (non-hydrogen) atoms. The first-order chi connectivity index (χ1) is 7.33. The van der Waals surface area contributed by atoms with Crippen LogP contribution in [0.5, 0.6) is 0 Å². The van der Waals surface area contributed by atoms with E-state index in [2.05, 4.69) is 22.2 Å². The fourth-order valence-corrected chi connectivity index (χ4v) is 2.26. The number of anilines is 1. The smallest absolute Gasteiger partial charge is 0.133 e. The Balaban J connectivity index is 2.76. The van der Waals surface area contributed by atoms with E-state index in [1.807, 2.05) is 7.05 Å². The van der Waals surface area contributed by atoms with Gasteiger partial charge in [0.1, 0.15) is 17.2 Å². The Kier molecular flexibility index (Phi) is 5.42. The molecule has 0 unspecified atom stereocenters. The maximum absolute atomic E-state index is 5.01. The van der Waals surface area contributed by atoms with Gasteiger partial charge in [-0.2, -0.15) is 0 Å². The predicted octanol–water partition coefficient (Wildman–Crippen LogP) is 1.82. The Morgan fingerprint density at radius 2 is 2.27 bits per heavy atom. The van der Waals surface area contributed by atoms with E-state index >= 15 is 0 Å². The largest absolute Gasteiger partial charge is 0.384 e. The van der Waals surface area contributed by atoms with Gasteiger partial charge in [-0.25, -0.2) is 9.97 Å². The standard InChI is InChI=1S/C10H17N3OS/c1-4-8-9(11-2)12-7-13-10(8)15-6-5-14-3/h7H,4-6H2,1-3H3,(H,11,12,13). The minimum atomic E-state index is 0.743. The SMILES string of the molecule is CCc1c(NC)ncnc1SCCOC. The first kappa shape index (κ1) is 12.3. The summed E-state index contributed by atoms with van der Waals surface area (Å²) >= 11 is 1.71. The van der Waals surface area contributed by atoms with Crippen molar-refractivity contribution in [2.45, 2.75) is 18.4 Å². The van der Waals surface area contributed by atoms with E-state index in [0.29, 0.717) is 0 Å². The van der Waals surface area contributed by atoms with Gasteiger partial charge in [0.15, 0.2) is 0 Å². The van der Waals surface area contributed by atoms with Crippen LogP contribution >= 0.6 is 11.8 Å². The third kappa shape index (κ3) is 3.35. The number of thioether (sulfide) groups is 1. The molecular formula is C10H17N3OS. The molecule has 4 nitrogen and oxygen atoms in total. The molecule has 1 N–H and O–H groups in total. The fourth-order valence-electron chi connectivity index (χ4n) is 1.28. The van der Waals surface area contributed by atoms with E-state index in [1.165, 1.54) is 5.56 Å². The van der Waals surface area contributed by atoms with Crippen LogP contribution in [0, 0.1) is 0 Å². The van der Waals surface area contributed by atoms with Crippen LogP contribution in [0.25, 0.3) is 0 Å². The highest BCUT2D eigenvalue weighted by Crippen LogP contribution is 2.24. The number of rotatable bonds is 6. The van der Waals surface area contributed by atoms with Crippen molar-refractivity contribution in [1.29, 1.82) is 0 Å². The highest BCUT2D eigenvalue weighted by atomic mass is 32.2. The van der Waals surface area contributed by atoms with Gasteiger partial charge in [0.2, 0.25) is 0 Å². The molecule has 0 spiro atoms. The Hall–Kier alpha value is -0.810. The molecule has 1 aromatic rings. The summed E-state index contributed by atoms with van der Waals surface area (Å²) in [6, 6.07) is 0. The Labute approximate surface area is 94.8 Å². The van der Waals surface area contributed by atoms with Gasteiger partial charge in [-0.05, 0) is 6.42 Å². The Bertz CT molecular complexity index is 307. The van der Waals surface area contributed by atoms with Crippen LogP contribution < -0.4 is 5.32 Å². The van der Waals surface area contributed by atoms with Crippen molar-refractivity contribution in [2.24, 2.45) is 0 Å². The maximum atomic E-state index is 5.01. The van der Waals surface area contributed by atoms with E-state index in [-0.39, 0.29) is 0 Å². The molecule has 0 amide bonds. The van der Waals surface area contributed by atoms with Crippen LogP contribution in [0.15, 0.2) is 11.4 Å². The van der Waals surface area contributed by atoms with Crippen LogP contribution in [0.1, 0.15) is 12.5 Å². The van der Waals surface area contributed by atoms with E-state index in [9.17, 15) is 0 Å². The van der Waals surface area contributed by atoms with Gasteiger partial charge >= 0.3 is 0 Å². The zero-order valence-corrected chi connectivity index (χ0v) is 10.2. The molecule has 1 rings (SSSR count). The molecular weight excluding hydrogens is 210 g/mol. The summed E-state index contributed by atoms with van der Waals surface area (Å²) in [4.78, 5) is 8.48. The molecule has 0 aliphatic heterocycles. The number of nitrogens with one attached hydrogen (secondary N) is 1. The average molecular weight is 227 g/mol. The van der Waals surface area contributed by atoms with Gasteiger partial charge in [0, 0.05) is 25.5 Å². The van der Waals surface area contributed by atoms with Crippen molar-refractivity contribution < 1.29 is 4.74 Å². The van der Waals surface area contributed by atoms with E-state index < -0.39 is 0 Å². The van der Waals surface area contributed by atoms with E-state index in [1.54, 1.807) is 25.2 Å². The topological polar surface area (TPSA) is 47.0 Å². The van der Waals surface area contributed by atoms with Gasteiger partial charge < -0.3 is 10.1 Å². The summed E-state index contributed by atoms with van der Waals surface area (Å²) in [5.41, 5.74) is 1.18. The minimum Gasteiger partial charge on any atom is -0.384 e.